The number of carbonyl (C=O) groups excluding carboxylic acids is 1. The van der Waals surface area contributed by atoms with E-state index >= 15 is 0 Å². The molecule has 0 saturated carbocycles. The van der Waals surface area contributed by atoms with Crippen LogP contribution in [0.4, 0.5) is 0 Å². The van der Waals surface area contributed by atoms with E-state index in [4.69, 9.17) is 5.26 Å². The van der Waals surface area contributed by atoms with Gasteiger partial charge in [0.1, 0.15) is 11.8 Å². The van der Waals surface area contributed by atoms with Crippen LogP contribution >= 0.6 is 0 Å². The lowest BCUT2D eigenvalue weighted by molar-refractivity contribution is 0.0670. The van der Waals surface area contributed by atoms with Crippen LogP contribution in [0.5, 0.6) is 5.75 Å². The number of phenolic OH excluding ortho intramolecular Hbond substituents is 1. The first-order valence-electron chi connectivity index (χ1n) is 6.13. The minimum absolute atomic E-state index is 0.117. The number of likely N-dealkylation sites (tertiary alicyclic amines) is 1. The standard InChI is InChI=1S/C14H16N2O2/c1-10-5-6-11(8-13(10)17)14(18)16-7-3-2-4-12(16)9-15/h5-6,8,12,17H,2-4,7H2,1H3. The lowest BCUT2D eigenvalue weighted by atomic mass is 10.0. The molecular weight excluding hydrogens is 228 g/mol. The van der Waals surface area contributed by atoms with E-state index in [1.807, 2.05) is 0 Å². The monoisotopic (exact) mass is 244 g/mol. The summed E-state index contributed by atoms with van der Waals surface area (Å²) in [7, 11) is 0. The summed E-state index contributed by atoms with van der Waals surface area (Å²) in [6, 6.07) is 6.72. The van der Waals surface area contributed by atoms with Gasteiger partial charge in [0.2, 0.25) is 0 Å². The Hall–Kier alpha value is -2.02. The molecule has 18 heavy (non-hydrogen) atoms. The van der Waals surface area contributed by atoms with E-state index in [2.05, 4.69) is 6.07 Å². The summed E-state index contributed by atoms with van der Waals surface area (Å²) in [6.07, 6.45) is 2.66. The minimum Gasteiger partial charge on any atom is -0.508 e. The number of rotatable bonds is 1. The molecule has 1 aromatic carbocycles. The largest absolute Gasteiger partial charge is 0.508 e. The van der Waals surface area contributed by atoms with Crippen LogP contribution in [0.15, 0.2) is 18.2 Å². The van der Waals surface area contributed by atoms with E-state index < -0.39 is 0 Å². The van der Waals surface area contributed by atoms with Crippen molar-refractivity contribution in [3.8, 4) is 11.8 Å². The number of aromatic hydroxyl groups is 1. The van der Waals surface area contributed by atoms with Gasteiger partial charge in [-0.2, -0.15) is 5.26 Å². The molecule has 1 unspecified atom stereocenters. The Bertz CT molecular complexity index is 505. The first kappa shape index (κ1) is 12.4. The van der Waals surface area contributed by atoms with Crippen molar-refractivity contribution in [1.82, 2.24) is 4.90 Å². The quantitative estimate of drug-likeness (QED) is 0.823. The van der Waals surface area contributed by atoms with Gasteiger partial charge in [-0.3, -0.25) is 4.79 Å². The van der Waals surface area contributed by atoms with Crippen molar-refractivity contribution in [2.75, 3.05) is 6.54 Å². The van der Waals surface area contributed by atoms with Crippen LogP contribution in [0, 0.1) is 18.3 Å². The van der Waals surface area contributed by atoms with Crippen molar-refractivity contribution >= 4 is 5.91 Å². The molecule has 1 N–H and O–H groups in total. The SMILES string of the molecule is Cc1ccc(C(=O)N2CCCCC2C#N)cc1O. The van der Waals surface area contributed by atoms with Gasteiger partial charge in [-0.1, -0.05) is 6.07 Å². The average Bonchev–Trinajstić information content (AvgIpc) is 2.41. The fraction of sp³-hybridized carbons (Fsp3) is 0.429. The topological polar surface area (TPSA) is 64.3 Å². The number of phenols is 1. The maximum absolute atomic E-state index is 12.3. The fourth-order valence-corrected chi connectivity index (χ4v) is 2.22. The molecule has 1 fully saturated rings. The number of nitriles is 1. The zero-order valence-corrected chi connectivity index (χ0v) is 10.4. The zero-order chi connectivity index (χ0) is 13.1. The highest BCUT2D eigenvalue weighted by Crippen LogP contribution is 2.22. The van der Waals surface area contributed by atoms with E-state index in [-0.39, 0.29) is 17.7 Å². The third kappa shape index (κ3) is 2.30. The summed E-state index contributed by atoms with van der Waals surface area (Å²) in [5.41, 5.74) is 1.18. The Morgan fingerprint density at radius 1 is 1.50 bits per heavy atom. The number of benzene rings is 1. The first-order valence-corrected chi connectivity index (χ1v) is 6.13. The summed E-state index contributed by atoms with van der Waals surface area (Å²) in [5, 5.41) is 18.7. The molecule has 1 aliphatic rings. The second kappa shape index (κ2) is 5.09. The van der Waals surface area contributed by atoms with E-state index in [1.165, 1.54) is 6.07 Å². The normalized spacial score (nSPS) is 19.3. The molecule has 1 aliphatic heterocycles. The Kier molecular flexibility index (Phi) is 3.52. The molecule has 4 nitrogen and oxygen atoms in total. The molecule has 1 heterocycles. The molecule has 0 aliphatic carbocycles. The number of carbonyl (C=O) groups is 1. The van der Waals surface area contributed by atoms with E-state index in [0.717, 1.165) is 24.8 Å². The maximum atomic E-state index is 12.3. The highest BCUT2D eigenvalue weighted by molar-refractivity contribution is 5.95. The van der Waals surface area contributed by atoms with Crippen molar-refractivity contribution in [2.24, 2.45) is 0 Å². The second-order valence-corrected chi connectivity index (χ2v) is 4.64. The van der Waals surface area contributed by atoms with Crippen molar-refractivity contribution in [3.63, 3.8) is 0 Å². The molecule has 0 radical (unpaired) electrons. The van der Waals surface area contributed by atoms with E-state index in [1.54, 1.807) is 24.0 Å². The predicted octanol–water partition coefficient (Wildman–Crippen LogP) is 2.22. The van der Waals surface area contributed by atoms with Crippen molar-refractivity contribution in [1.29, 1.82) is 5.26 Å². The first-order chi connectivity index (χ1) is 8.63. The molecule has 0 aromatic heterocycles. The molecule has 1 aromatic rings. The fourth-order valence-electron chi connectivity index (χ4n) is 2.22. The molecule has 94 valence electrons. The van der Waals surface area contributed by atoms with Gasteiger partial charge in [0.15, 0.2) is 0 Å². The number of nitrogens with zero attached hydrogens (tertiary/aromatic N) is 2. The van der Waals surface area contributed by atoms with Gasteiger partial charge >= 0.3 is 0 Å². The average molecular weight is 244 g/mol. The number of aryl methyl sites for hydroxylation is 1. The highest BCUT2D eigenvalue weighted by Gasteiger charge is 2.27. The van der Waals surface area contributed by atoms with Crippen LogP contribution in [-0.4, -0.2) is 28.5 Å². The van der Waals surface area contributed by atoms with Gasteiger partial charge < -0.3 is 10.0 Å². The van der Waals surface area contributed by atoms with Gasteiger partial charge in [0.05, 0.1) is 6.07 Å². The van der Waals surface area contributed by atoms with Gasteiger partial charge in [0, 0.05) is 12.1 Å². The highest BCUT2D eigenvalue weighted by atomic mass is 16.3. The summed E-state index contributed by atoms with van der Waals surface area (Å²) in [5.74, 6) is -0.0529. The van der Waals surface area contributed by atoms with Gasteiger partial charge in [-0.25, -0.2) is 0 Å². The summed E-state index contributed by atoms with van der Waals surface area (Å²) < 4.78 is 0. The lowest BCUT2D eigenvalue weighted by Crippen LogP contribution is -2.42. The van der Waals surface area contributed by atoms with Crippen molar-refractivity contribution < 1.29 is 9.90 Å². The number of amides is 1. The van der Waals surface area contributed by atoms with Gasteiger partial charge in [-0.15, -0.1) is 0 Å². The van der Waals surface area contributed by atoms with Crippen LogP contribution in [0.1, 0.15) is 35.2 Å². The third-order valence-corrected chi connectivity index (χ3v) is 3.37. The zero-order valence-electron chi connectivity index (χ0n) is 10.4. The Labute approximate surface area is 106 Å². The molecule has 4 heteroatoms. The van der Waals surface area contributed by atoms with Crippen molar-refractivity contribution in [2.45, 2.75) is 32.2 Å². The van der Waals surface area contributed by atoms with Crippen LogP contribution in [-0.2, 0) is 0 Å². The van der Waals surface area contributed by atoms with Crippen LogP contribution < -0.4 is 0 Å². The van der Waals surface area contributed by atoms with Gasteiger partial charge in [0.25, 0.3) is 5.91 Å². The Morgan fingerprint density at radius 2 is 2.28 bits per heavy atom. The summed E-state index contributed by atoms with van der Waals surface area (Å²) >= 11 is 0. The molecule has 0 spiro atoms. The van der Waals surface area contributed by atoms with Crippen LogP contribution in [0.2, 0.25) is 0 Å². The van der Waals surface area contributed by atoms with Gasteiger partial charge in [-0.05, 0) is 43.9 Å². The van der Waals surface area contributed by atoms with E-state index in [0.29, 0.717) is 12.1 Å². The summed E-state index contributed by atoms with van der Waals surface area (Å²) in [6.45, 7) is 2.40. The molecule has 1 atom stereocenters. The molecule has 1 saturated heterocycles. The summed E-state index contributed by atoms with van der Waals surface area (Å²) in [4.78, 5) is 13.9. The van der Waals surface area contributed by atoms with E-state index in [9.17, 15) is 9.90 Å². The third-order valence-electron chi connectivity index (χ3n) is 3.37. The Morgan fingerprint density at radius 3 is 2.94 bits per heavy atom. The molecule has 1 amide bonds. The minimum atomic E-state index is -0.338. The smallest absolute Gasteiger partial charge is 0.255 e. The van der Waals surface area contributed by atoms with Crippen LogP contribution in [0.3, 0.4) is 0 Å². The Balaban J connectivity index is 2.24. The second-order valence-electron chi connectivity index (χ2n) is 4.64. The molecule has 0 bridgehead atoms. The predicted molar refractivity (Wildman–Crippen MR) is 67.1 cm³/mol. The number of piperidine rings is 1. The van der Waals surface area contributed by atoms with Crippen LogP contribution in [0.25, 0.3) is 0 Å². The molecule has 2 rings (SSSR count). The lowest BCUT2D eigenvalue weighted by Gasteiger charge is -2.31. The number of hydrogen-bond donors (Lipinski definition) is 1. The van der Waals surface area contributed by atoms with Crippen molar-refractivity contribution in [3.05, 3.63) is 29.3 Å². The maximum Gasteiger partial charge on any atom is 0.255 e. The molecular formula is C14H16N2O2. The number of hydrogen-bond acceptors (Lipinski definition) is 3.